The largest absolute Gasteiger partial charge is 0.370 e. The molecule has 0 aromatic heterocycles. The van der Waals surface area contributed by atoms with Crippen molar-refractivity contribution in [1.82, 2.24) is 5.32 Å². The molecule has 1 aromatic rings. The Morgan fingerprint density at radius 2 is 2.24 bits per heavy atom. The molecule has 0 aliphatic heterocycles. The van der Waals surface area contributed by atoms with E-state index in [1.165, 1.54) is 0 Å². The average Bonchev–Trinajstić information content (AvgIpc) is 2.24. The summed E-state index contributed by atoms with van der Waals surface area (Å²) in [6.07, 6.45) is 1.28. The lowest BCUT2D eigenvalue weighted by atomic mass is 10.0. The minimum Gasteiger partial charge on any atom is -0.370 e. The third kappa shape index (κ3) is 4.75. The molecule has 0 radical (unpaired) electrons. The summed E-state index contributed by atoms with van der Waals surface area (Å²) >= 11 is 5.96. The number of benzene rings is 1. The van der Waals surface area contributed by atoms with Gasteiger partial charge in [-0.1, -0.05) is 30.7 Å². The van der Waals surface area contributed by atoms with Crippen LogP contribution in [0.25, 0.3) is 0 Å². The third-order valence-corrected chi connectivity index (χ3v) is 2.89. The van der Waals surface area contributed by atoms with E-state index < -0.39 is 0 Å². The molecule has 3 nitrogen and oxygen atoms in total. The van der Waals surface area contributed by atoms with Crippen molar-refractivity contribution in [3.05, 3.63) is 34.9 Å². The van der Waals surface area contributed by atoms with E-state index >= 15 is 0 Å². The maximum Gasteiger partial charge on any atom is 0.218 e. The van der Waals surface area contributed by atoms with E-state index in [2.05, 4.69) is 12.2 Å². The summed E-state index contributed by atoms with van der Waals surface area (Å²) in [5, 5.41) is 4.11. The summed E-state index contributed by atoms with van der Waals surface area (Å²) in [6, 6.07) is 8.02. The second kappa shape index (κ2) is 6.62. The highest BCUT2D eigenvalue weighted by Gasteiger charge is 2.14. The quantitative estimate of drug-likeness (QED) is 0.820. The third-order valence-electron chi connectivity index (χ3n) is 2.65. The number of hydrogen-bond donors (Lipinski definition) is 2. The number of amides is 1. The lowest BCUT2D eigenvalue weighted by Gasteiger charge is -2.22. The Morgan fingerprint density at radius 3 is 2.76 bits per heavy atom. The van der Waals surface area contributed by atoms with Crippen LogP contribution >= 0.6 is 11.6 Å². The molecule has 2 atom stereocenters. The van der Waals surface area contributed by atoms with Gasteiger partial charge >= 0.3 is 0 Å². The number of nitrogens with one attached hydrogen (secondary N) is 1. The van der Waals surface area contributed by atoms with Gasteiger partial charge in [0.05, 0.1) is 0 Å². The van der Waals surface area contributed by atoms with Crippen LogP contribution in [0.3, 0.4) is 0 Å². The van der Waals surface area contributed by atoms with Gasteiger partial charge in [-0.3, -0.25) is 4.79 Å². The van der Waals surface area contributed by atoms with Gasteiger partial charge in [-0.15, -0.1) is 0 Å². The van der Waals surface area contributed by atoms with Crippen molar-refractivity contribution in [2.24, 2.45) is 5.73 Å². The number of carbonyl (C=O) groups is 1. The summed E-state index contributed by atoms with van der Waals surface area (Å²) in [5.41, 5.74) is 6.31. The number of rotatable bonds is 6. The van der Waals surface area contributed by atoms with Gasteiger partial charge in [-0.05, 0) is 31.0 Å². The van der Waals surface area contributed by atoms with E-state index in [0.717, 1.165) is 17.0 Å². The molecular formula is C13H19ClN2O. The molecule has 0 spiro atoms. The second-order valence-electron chi connectivity index (χ2n) is 4.25. The van der Waals surface area contributed by atoms with Crippen LogP contribution in [-0.4, -0.2) is 11.9 Å². The van der Waals surface area contributed by atoms with Crippen LogP contribution in [0.1, 0.15) is 38.3 Å². The fraction of sp³-hybridized carbons (Fsp3) is 0.462. The normalized spacial score (nSPS) is 14.3. The SMILES string of the molecule is CCC(NC(C)CC(N)=O)c1cccc(Cl)c1. The number of carbonyl (C=O) groups excluding carboxylic acids is 1. The van der Waals surface area contributed by atoms with Gasteiger partial charge in [-0.2, -0.15) is 0 Å². The van der Waals surface area contributed by atoms with Crippen molar-refractivity contribution in [3.63, 3.8) is 0 Å². The summed E-state index contributed by atoms with van der Waals surface area (Å²) in [7, 11) is 0. The van der Waals surface area contributed by atoms with Crippen LogP contribution in [0.2, 0.25) is 5.02 Å². The second-order valence-corrected chi connectivity index (χ2v) is 4.69. The Hall–Kier alpha value is -1.06. The van der Waals surface area contributed by atoms with Gasteiger partial charge in [0.2, 0.25) is 5.91 Å². The van der Waals surface area contributed by atoms with Crippen LogP contribution in [0.4, 0.5) is 0 Å². The molecule has 0 fully saturated rings. The van der Waals surface area contributed by atoms with Crippen LogP contribution in [-0.2, 0) is 4.79 Å². The van der Waals surface area contributed by atoms with E-state index in [9.17, 15) is 4.79 Å². The van der Waals surface area contributed by atoms with E-state index in [0.29, 0.717) is 6.42 Å². The van der Waals surface area contributed by atoms with E-state index in [1.807, 2.05) is 31.2 Å². The highest BCUT2D eigenvalue weighted by atomic mass is 35.5. The minimum absolute atomic E-state index is 0.0661. The van der Waals surface area contributed by atoms with Gasteiger partial charge in [0, 0.05) is 23.5 Å². The van der Waals surface area contributed by atoms with Crippen LogP contribution < -0.4 is 11.1 Å². The van der Waals surface area contributed by atoms with Crippen molar-refractivity contribution in [2.45, 2.75) is 38.8 Å². The van der Waals surface area contributed by atoms with Crippen LogP contribution in [0.5, 0.6) is 0 Å². The number of hydrogen-bond acceptors (Lipinski definition) is 2. The molecule has 1 rings (SSSR count). The molecule has 0 saturated carbocycles. The minimum atomic E-state index is -0.286. The van der Waals surface area contributed by atoms with Gasteiger partial charge in [0.25, 0.3) is 0 Å². The van der Waals surface area contributed by atoms with Crippen molar-refractivity contribution in [2.75, 3.05) is 0 Å². The molecule has 2 unspecified atom stereocenters. The Balaban J connectivity index is 2.68. The first-order chi connectivity index (χ1) is 8.02. The Kier molecular flexibility index (Phi) is 5.45. The van der Waals surface area contributed by atoms with Crippen LogP contribution in [0.15, 0.2) is 24.3 Å². The zero-order valence-electron chi connectivity index (χ0n) is 10.2. The summed E-state index contributed by atoms with van der Waals surface area (Å²) in [6.45, 7) is 4.05. The molecule has 0 saturated heterocycles. The maximum absolute atomic E-state index is 10.8. The van der Waals surface area contributed by atoms with E-state index in [4.69, 9.17) is 17.3 Å². The monoisotopic (exact) mass is 254 g/mol. The molecular weight excluding hydrogens is 236 g/mol. The first kappa shape index (κ1) is 14.0. The first-order valence-corrected chi connectivity index (χ1v) is 6.20. The molecule has 94 valence electrons. The molecule has 1 amide bonds. The molecule has 4 heteroatoms. The van der Waals surface area contributed by atoms with Gasteiger partial charge in [-0.25, -0.2) is 0 Å². The van der Waals surface area contributed by atoms with Crippen molar-refractivity contribution >= 4 is 17.5 Å². The fourth-order valence-electron chi connectivity index (χ4n) is 1.88. The van der Waals surface area contributed by atoms with Gasteiger partial charge in [0.1, 0.15) is 0 Å². The summed E-state index contributed by atoms with van der Waals surface area (Å²) < 4.78 is 0. The molecule has 3 N–H and O–H groups in total. The maximum atomic E-state index is 10.8. The van der Waals surface area contributed by atoms with Gasteiger partial charge in [0.15, 0.2) is 0 Å². The molecule has 17 heavy (non-hydrogen) atoms. The fourth-order valence-corrected chi connectivity index (χ4v) is 2.08. The molecule has 0 aliphatic rings. The lowest BCUT2D eigenvalue weighted by molar-refractivity contribution is -0.118. The lowest BCUT2D eigenvalue weighted by Crippen LogP contribution is -2.33. The molecule has 0 aliphatic carbocycles. The highest BCUT2D eigenvalue weighted by molar-refractivity contribution is 6.30. The Labute approximate surface area is 107 Å². The zero-order valence-corrected chi connectivity index (χ0v) is 11.0. The molecule has 0 bridgehead atoms. The van der Waals surface area contributed by atoms with Crippen molar-refractivity contribution in [3.8, 4) is 0 Å². The number of primary amides is 1. The van der Waals surface area contributed by atoms with Crippen LogP contribution in [0, 0.1) is 0 Å². The summed E-state index contributed by atoms with van der Waals surface area (Å²) in [5.74, 6) is -0.286. The molecule has 1 aromatic carbocycles. The number of halogens is 1. The molecule has 0 heterocycles. The highest BCUT2D eigenvalue weighted by Crippen LogP contribution is 2.21. The Morgan fingerprint density at radius 1 is 1.53 bits per heavy atom. The van der Waals surface area contributed by atoms with Crippen molar-refractivity contribution < 1.29 is 4.79 Å². The standard InChI is InChI=1S/C13H19ClN2O/c1-3-12(16-9(2)7-13(15)17)10-5-4-6-11(14)8-10/h4-6,8-9,12,16H,3,7H2,1-2H3,(H2,15,17). The smallest absolute Gasteiger partial charge is 0.218 e. The first-order valence-electron chi connectivity index (χ1n) is 5.82. The van der Waals surface area contributed by atoms with Crippen molar-refractivity contribution in [1.29, 1.82) is 0 Å². The van der Waals surface area contributed by atoms with Gasteiger partial charge < -0.3 is 11.1 Å². The predicted octanol–water partition coefficient (Wildman–Crippen LogP) is 2.64. The number of nitrogens with two attached hydrogens (primary N) is 1. The summed E-state index contributed by atoms with van der Waals surface area (Å²) in [4.78, 5) is 10.8. The topological polar surface area (TPSA) is 55.1 Å². The zero-order chi connectivity index (χ0) is 12.8. The average molecular weight is 255 g/mol. The van der Waals surface area contributed by atoms with E-state index in [1.54, 1.807) is 0 Å². The Bertz CT molecular complexity index is 381. The predicted molar refractivity (Wildman–Crippen MR) is 70.9 cm³/mol. The van der Waals surface area contributed by atoms with E-state index in [-0.39, 0.29) is 18.0 Å².